The molecule has 1 saturated carbocycles. The highest BCUT2D eigenvalue weighted by Crippen LogP contribution is 2.29. The molecule has 2 aliphatic rings. The SMILES string of the molecule is CCC(CC)c1cc2cnc(Nc3ccc(NC4CCNC4)cc3)nc2n(Cc2ocnc2S(=O)C2CCCC2)c1=O. The number of fused-ring (bicyclic) bond motifs is 1. The smallest absolute Gasteiger partial charge is 0.256 e. The van der Waals surface area contributed by atoms with E-state index in [0.717, 1.165) is 80.4 Å². The Kier molecular flexibility index (Phi) is 8.66. The summed E-state index contributed by atoms with van der Waals surface area (Å²) < 4.78 is 20.8. The first-order valence-corrected chi connectivity index (χ1v) is 16.3. The molecule has 10 nitrogen and oxygen atoms in total. The van der Waals surface area contributed by atoms with Gasteiger partial charge in [0.05, 0.1) is 17.3 Å². The molecule has 3 N–H and O–H groups in total. The molecule has 4 heterocycles. The number of hydrogen-bond acceptors (Lipinski definition) is 9. The highest BCUT2D eigenvalue weighted by atomic mass is 32.2. The summed E-state index contributed by atoms with van der Waals surface area (Å²) in [6.45, 7) is 6.30. The van der Waals surface area contributed by atoms with E-state index >= 15 is 0 Å². The molecule has 1 aliphatic heterocycles. The van der Waals surface area contributed by atoms with Crippen LogP contribution in [0.2, 0.25) is 0 Å². The van der Waals surface area contributed by atoms with Gasteiger partial charge in [-0.3, -0.25) is 13.6 Å². The molecule has 3 aromatic heterocycles. The van der Waals surface area contributed by atoms with Crippen LogP contribution in [0.3, 0.4) is 0 Å². The number of hydrogen-bond donors (Lipinski definition) is 3. The second-order valence-corrected chi connectivity index (χ2v) is 12.9. The van der Waals surface area contributed by atoms with Crippen molar-refractivity contribution in [1.82, 2.24) is 24.8 Å². The Labute approximate surface area is 248 Å². The molecule has 2 unspecified atom stereocenters. The quantitative estimate of drug-likeness (QED) is 0.214. The predicted octanol–water partition coefficient (Wildman–Crippen LogP) is 5.30. The van der Waals surface area contributed by atoms with E-state index in [1.807, 2.05) is 30.3 Å². The Morgan fingerprint density at radius 3 is 2.57 bits per heavy atom. The summed E-state index contributed by atoms with van der Waals surface area (Å²) in [7, 11) is -1.28. The zero-order valence-electron chi connectivity index (χ0n) is 24.3. The van der Waals surface area contributed by atoms with Crippen LogP contribution >= 0.6 is 0 Å². The van der Waals surface area contributed by atoms with Crippen molar-refractivity contribution in [2.45, 2.75) is 87.6 Å². The maximum atomic E-state index is 14.0. The minimum atomic E-state index is -1.28. The van der Waals surface area contributed by atoms with Gasteiger partial charge in [0.15, 0.2) is 17.2 Å². The summed E-state index contributed by atoms with van der Waals surface area (Å²) in [5.74, 6) is 0.942. The second kappa shape index (κ2) is 12.7. The standard InChI is InChI=1S/C31H39N7O3S/c1-3-20(4-2)26-15-21-16-33-31(36-23-11-9-22(10-12-23)35-24-13-14-32-17-24)37-28(21)38(30(26)39)18-27-29(34-19-41-27)42(40)25-7-5-6-8-25/h9-12,15-16,19-20,24-25,32,35H,3-8,13-14,17-18H2,1-2H3,(H,33,36,37). The Balaban J connectivity index is 1.33. The highest BCUT2D eigenvalue weighted by Gasteiger charge is 2.28. The molecule has 0 spiro atoms. The third-order valence-electron chi connectivity index (χ3n) is 8.55. The summed E-state index contributed by atoms with van der Waals surface area (Å²) in [4.78, 5) is 27.7. The molecular formula is C31H39N7O3S. The van der Waals surface area contributed by atoms with E-state index in [4.69, 9.17) is 9.40 Å². The molecule has 4 aromatic rings. The molecule has 6 rings (SSSR count). The van der Waals surface area contributed by atoms with Crippen molar-refractivity contribution in [3.63, 3.8) is 0 Å². The number of aromatic nitrogens is 4. The fourth-order valence-electron chi connectivity index (χ4n) is 6.13. The van der Waals surface area contributed by atoms with E-state index < -0.39 is 10.8 Å². The third kappa shape index (κ3) is 5.98. The van der Waals surface area contributed by atoms with E-state index in [1.54, 1.807) is 10.8 Å². The Bertz CT molecular complexity index is 1600. The maximum absolute atomic E-state index is 14.0. The zero-order chi connectivity index (χ0) is 29.1. The number of nitrogens with zero attached hydrogens (tertiary/aromatic N) is 4. The summed E-state index contributed by atoms with van der Waals surface area (Å²) in [5, 5.41) is 11.5. The second-order valence-electron chi connectivity index (χ2n) is 11.3. The van der Waals surface area contributed by atoms with Crippen LogP contribution in [0.5, 0.6) is 0 Å². The van der Waals surface area contributed by atoms with E-state index in [0.29, 0.717) is 28.4 Å². The average molecular weight is 590 g/mol. The molecule has 2 atom stereocenters. The van der Waals surface area contributed by atoms with Gasteiger partial charge in [0.1, 0.15) is 5.65 Å². The van der Waals surface area contributed by atoms with Crippen molar-refractivity contribution in [3.05, 3.63) is 64.6 Å². The topological polar surface area (TPSA) is 127 Å². The Hall–Kier alpha value is -3.57. The first kappa shape index (κ1) is 28.5. The van der Waals surface area contributed by atoms with Crippen LogP contribution in [0.25, 0.3) is 11.0 Å². The van der Waals surface area contributed by atoms with E-state index in [9.17, 15) is 9.00 Å². The summed E-state index contributed by atoms with van der Waals surface area (Å²) in [5.41, 5.74) is 3.01. The minimum absolute atomic E-state index is 0.0766. The van der Waals surface area contributed by atoms with Gasteiger partial charge in [-0.05, 0) is 74.9 Å². The highest BCUT2D eigenvalue weighted by molar-refractivity contribution is 7.85. The Morgan fingerprint density at radius 1 is 1.10 bits per heavy atom. The van der Waals surface area contributed by atoms with Gasteiger partial charge in [0.25, 0.3) is 5.56 Å². The van der Waals surface area contributed by atoms with Crippen LogP contribution in [0.1, 0.15) is 76.0 Å². The summed E-state index contributed by atoms with van der Waals surface area (Å²) in [6.07, 6.45) is 9.89. The van der Waals surface area contributed by atoms with Crippen molar-refractivity contribution in [2.75, 3.05) is 23.7 Å². The summed E-state index contributed by atoms with van der Waals surface area (Å²) >= 11 is 0. The van der Waals surface area contributed by atoms with Gasteiger partial charge in [-0.2, -0.15) is 4.98 Å². The number of nitrogens with one attached hydrogen (secondary N) is 3. The van der Waals surface area contributed by atoms with Crippen molar-refractivity contribution < 1.29 is 8.63 Å². The average Bonchev–Trinajstić information content (AvgIpc) is 3.81. The lowest BCUT2D eigenvalue weighted by Crippen LogP contribution is -2.27. The first-order chi connectivity index (χ1) is 20.5. The lowest BCUT2D eigenvalue weighted by molar-refractivity contribution is 0.479. The zero-order valence-corrected chi connectivity index (χ0v) is 25.1. The number of oxazole rings is 1. The van der Waals surface area contributed by atoms with Gasteiger partial charge in [-0.25, -0.2) is 9.97 Å². The van der Waals surface area contributed by atoms with E-state index in [-0.39, 0.29) is 23.3 Å². The van der Waals surface area contributed by atoms with Crippen LogP contribution in [0, 0.1) is 0 Å². The van der Waals surface area contributed by atoms with Crippen LogP contribution in [0.15, 0.2) is 57.2 Å². The van der Waals surface area contributed by atoms with Crippen molar-refractivity contribution in [1.29, 1.82) is 0 Å². The minimum Gasteiger partial charge on any atom is -0.445 e. The van der Waals surface area contributed by atoms with Crippen molar-refractivity contribution >= 4 is 39.2 Å². The van der Waals surface area contributed by atoms with E-state index in [2.05, 4.69) is 39.8 Å². The van der Waals surface area contributed by atoms with Gasteiger partial charge in [-0.15, -0.1) is 0 Å². The van der Waals surface area contributed by atoms with Gasteiger partial charge >= 0.3 is 0 Å². The lowest BCUT2D eigenvalue weighted by atomic mass is 9.94. The maximum Gasteiger partial charge on any atom is 0.256 e. The van der Waals surface area contributed by atoms with Crippen LogP contribution < -0.4 is 21.5 Å². The normalized spacial score (nSPS) is 18.2. The molecule has 222 valence electrons. The molecule has 0 radical (unpaired) electrons. The van der Waals surface area contributed by atoms with Crippen molar-refractivity contribution in [2.24, 2.45) is 0 Å². The molecule has 1 saturated heterocycles. The van der Waals surface area contributed by atoms with Gasteiger partial charge in [-0.1, -0.05) is 26.7 Å². The van der Waals surface area contributed by atoms with Gasteiger partial charge < -0.3 is 20.4 Å². The molecule has 2 fully saturated rings. The fraction of sp³-hybridized carbons (Fsp3) is 0.484. The lowest BCUT2D eigenvalue weighted by Gasteiger charge is -2.17. The first-order valence-electron chi connectivity index (χ1n) is 15.1. The number of benzene rings is 1. The third-order valence-corrected chi connectivity index (χ3v) is 10.3. The predicted molar refractivity (Wildman–Crippen MR) is 166 cm³/mol. The van der Waals surface area contributed by atoms with Crippen molar-refractivity contribution in [3.8, 4) is 0 Å². The van der Waals surface area contributed by atoms with Gasteiger partial charge in [0, 0.05) is 46.4 Å². The molecule has 1 aromatic carbocycles. The largest absolute Gasteiger partial charge is 0.445 e. The van der Waals surface area contributed by atoms with Gasteiger partial charge in [0.2, 0.25) is 5.95 Å². The fourth-order valence-corrected chi connectivity index (χ4v) is 7.70. The molecule has 0 bridgehead atoms. The van der Waals surface area contributed by atoms with Crippen LogP contribution in [-0.4, -0.2) is 48.1 Å². The Morgan fingerprint density at radius 2 is 1.86 bits per heavy atom. The number of rotatable bonds is 11. The number of anilines is 3. The summed E-state index contributed by atoms with van der Waals surface area (Å²) in [6, 6.07) is 10.4. The molecule has 11 heteroatoms. The molecule has 0 amide bonds. The molecule has 1 aliphatic carbocycles. The van der Waals surface area contributed by atoms with Crippen LogP contribution in [-0.2, 0) is 17.3 Å². The van der Waals surface area contributed by atoms with Crippen LogP contribution in [0.4, 0.5) is 17.3 Å². The number of pyridine rings is 1. The monoisotopic (exact) mass is 589 g/mol. The molecule has 42 heavy (non-hydrogen) atoms. The molecular weight excluding hydrogens is 550 g/mol. The van der Waals surface area contributed by atoms with E-state index in [1.165, 1.54) is 6.39 Å².